The van der Waals surface area contributed by atoms with E-state index in [0.29, 0.717) is 6.54 Å². The number of nitrogens with zero attached hydrogens (tertiary/aromatic N) is 1. The molecule has 102 valence electrons. The maximum atomic E-state index is 5.85. The van der Waals surface area contributed by atoms with E-state index in [0.717, 1.165) is 30.3 Å². The number of para-hydroxylation sites is 1. The van der Waals surface area contributed by atoms with Gasteiger partial charge in [0.15, 0.2) is 5.96 Å². The summed E-state index contributed by atoms with van der Waals surface area (Å²) >= 11 is 0. The molecule has 0 amide bonds. The molecule has 4 heteroatoms. The first-order valence-corrected chi connectivity index (χ1v) is 6.67. The summed E-state index contributed by atoms with van der Waals surface area (Å²) in [6.07, 6.45) is 1.07. The van der Waals surface area contributed by atoms with Gasteiger partial charge in [-0.25, -0.2) is 0 Å². The highest BCUT2D eigenvalue weighted by Gasteiger charge is 2.09. The molecule has 1 aromatic heterocycles. The first kappa shape index (κ1) is 13.5. The molecular formula is C15H21N3O. The standard InChI is InChI=1S/C15H21N3O/c1-4-9-17-15(16-3)18-10-14-11(2)12-7-5-6-8-13(12)19-14/h5-8H,4,9-10H2,1-3H3,(H2,16,17,18). The van der Waals surface area contributed by atoms with Crippen molar-refractivity contribution in [1.82, 2.24) is 10.6 Å². The van der Waals surface area contributed by atoms with Crippen LogP contribution in [0.25, 0.3) is 11.0 Å². The molecule has 2 aromatic rings. The number of aryl methyl sites for hydroxylation is 1. The smallest absolute Gasteiger partial charge is 0.191 e. The zero-order chi connectivity index (χ0) is 13.7. The second kappa shape index (κ2) is 6.27. The van der Waals surface area contributed by atoms with Crippen LogP contribution in [0.5, 0.6) is 0 Å². The van der Waals surface area contributed by atoms with Crippen LogP contribution >= 0.6 is 0 Å². The third kappa shape index (κ3) is 3.08. The lowest BCUT2D eigenvalue weighted by Crippen LogP contribution is -2.37. The SMILES string of the molecule is CCCNC(=NC)NCc1oc2ccccc2c1C. The Kier molecular flexibility index (Phi) is 4.44. The normalized spacial score (nSPS) is 11.8. The Labute approximate surface area is 113 Å². The maximum Gasteiger partial charge on any atom is 0.191 e. The first-order chi connectivity index (χ1) is 9.26. The third-order valence-corrected chi connectivity index (χ3v) is 3.12. The summed E-state index contributed by atoms with van der Waals surface area (Å²) in [6.45, 7) is 5.78. The molecule has 0 bridgehead atoms. The molecule has 2 rings (SSSR count). The predicted octanol–water partition coefficient (Wildman–Crippen LogP) is 2.82. The van der Waals surface area contributed by atoms with Crippen molar-refractivity contribution < 1.29 is 4.42 Å². The van der Waals surface area contributed by atoms with Gasteiger partial charge in [0.25, 0.3) is 0 Å². The minimum Gasteiger partial charge on any atom is -0.459 e. The Balaban J connectivity index is 2.07. The molecule has 0 saturated carbocycles. The Morgan fingerprint density at radius 1 is 1.26 bits per heavy atom. The maximum absolute atomic E-state index is 5.85. The van der Waals surface area contributed by atoms with Crippen molar-refractivity contribution in [2.75, 3.05) is 13.6 Å². The van der Waals surface area contributed by atoms with Crippen molar-refractivity contribution in [3.05, 3.63) is 35.6 Å². The van der Waals surface area contributed by atoms with Gasteiger partial charge in [-0.3, -0.25) is 4.99 Å². The predicted molar refractivity (Wildman–Crippen MR) is 79.4 cm³/mol. The number of benzene rings is 1. The van der Waals surface area contributed by atoms with Crippen molar-refractivity contribution in [2.45, 2.75) is 26.8 Å². The van der Waals surface area contributed by atoms with Gasteiger partial charge in [0, 0.05) is 24.5 Å². The average molecular weight is 259 g/mol. The summed E-state index contributed by atoms with van der Waals surface area (Å²) in [5.41, 5.74) is 2.13. The molecule has 1 heterocycles. The van der Waals surface area contributed by atoms with Crippen LogP contribution in [0.1, 0.15) is 24.7 Å². The van der Waals surface area contributed by atoms with Gasteiger partial charge in [-0.1, -0.05) is 25.1 Å². The molecule has 0 atom stereocenters. The summed E-state index contributed by atoms with van der Waals surface area (Å²) in [5, 5.41) is 7.68. The molecule has 0 aliphatic heterocycles. The monoisotopic (exact) mass is 259 g/mol. The molecule has 2 N–H and O–H groups in total. The van der Waals surface area contributed by atoms with E-state index in [4.69, 9.17) is 4.42 Å². The van der Waals surface area contributed by atoms with Crippen LogP contribution in [-0.2, 0) is 6.54 Å². The van der Waals surface area contributed by atoms with Gasteiger partial charge in [-0.05, 0) is 19.4 Å². The Morgan fingerprint density at radius 2 is 2.05 bits per heavy atom. The van der Waals surface area contributed by atoms with Gasteiger partial charge in [0.05, 0.1) is 6.54 Å². The van der Waals surface area contributed by atoms with Crippen LogP contribution in [0, 0.1) is 6.92 Å². The highest BCUT2D eigenvalue weighted by molar-refractivity contribution is 5.82. The van der Waals surface area contributed by atoms with Crippen LogP contribution in [0.2, 0.25) is 0 Å². The molecule has 4 nitrogen and oxygen atoms in total. The number of aliphatic imine (C=N–C) groups is 1. The van der Waals surface area contributed by atoms with E-state index in [2.05, 4.69) is 35.5 Å². The summed E-state index contributed by atoms with van der Waals surface area (Å²) < 4.78 is 5.85. The molecule has 19 heavy (non-hydrogen) atoms. The van der Waals surface area contributed by atoms with E-state index in [9.17, 15) is 0 Å². The second-order valence-corrected chi connectivity index (χ2v) is 4.50. The Hall–Kier alpha value is -1.97. The number of hydrogen-bond acceptors (Lipinski definition) is 2. The van der Waals surface area contributed by atoms with Crippen LogP contribution in [0.3, 0.4) is 0 Å². The van der Waals surface area contributed by atoms with Crippen molar-refractivity contribution in [2.24, 2.45) is 4.99 Å². The Bertz CT molecular complexity index is 572. The van der Waals surface area contributed by atoms with E-state index >= 15 is 0 Å². The van der Waals surface area contributed by atoms with Crippen LogP contribution in [0.15, 0.2) is 33.7 Å². The number of furan rings is 1. The fourth-order valence-electron chi connectivity index (χ4n) is 2.02. The lowest BCUT2D eigenvalue weighted by atomic mass is 10.1. The Morgan fingerprint density at radius 3 is 2.74 bits per heavy atom. The topological polar surface area (TPSA) is 49.6 Å². The third-order valence-electron chi connectivity index (χ3n) is 3.12. The van der Waals surface area contributed by atoms with E-state index < -0.39 is 0 Å². The van der Waals surface area contributed by atoms with E-state index in [1.165, 1.54) is 10.9 Å². The van der Waals surface area contributed by atoms with Gasteiger partial charge in [0.1, 0.15) is 11.3 Å². The number of hydrogen-bond donors (Lipinski definition) is 2. The number of nitrogens with one attached hydrogen (secondary N) is 2. The molecule has 0 aliphatic rings. The van der Waals surface area contributed by atoms with Gasteiger partial charge in [0.2, 0.25) is 0 Å². The van der Waals surface area contributed by atoms with E-state index in [1.54, 1.807) is 7.05 Å². The van der Waals surface area contributed by atoms with Gasteiger partial charge in [-0.15, -0.1) is 0 Å². The van der Waals surface area contributed by atoms with Crippen molar-refractivity contribution >= 4 is 16.9 Å². The molecule has 1 aromatic carbocycles. The highest BCUT2D eigenvalue weighted by atomic mass is 16.3. The number of guanidine groups is 1. The summed E-state index contributed by atoms with van der Waals surface area (Å²) in [5.74, 6) is 1.77. The zero-order valence-corrected chi connectivity index (χ0v) is 11.8. The molecule has 0 fully saturated rings. The molecule has 0 aliphatic carbocycles. The largest absolute Gasteiger partial charge is 0.459 e. The van der Waals surface area contributed by atoms with E-state index in [1.807, 2.05) is 18.2 Å². The fourth-order valence-corrected chi connectivity index (χ4v) is 2.02. The highest BCUT2D eigenvalue weighted by Crippen LogP contribution is 2.24. The molecule has 0 radical (unpaired) electrons. The zero-order valence-electron chi connectivity index (χ0n) is 11.8. The van der Waals surface area contributed by atoms with Gasteiger partial charge >= 0.3 is 0 Å². The molecule has 0 unspecified atom stereocenters. The lowest BCUT2D eigenvalue weighted by Gasteiger charge is -2.10. The average Bonchev–Trinajstić information content (AvgIpc) is 2.76. The number of fused-ring (bicyclic) bond motifs is 1. The first-order valence-electron chi connectivity index (χ1n) is 6.67. The van der Waals surface area contributed by atoms with Crippen molar-refractivity contribution in [1.29, 1.82) is 0 Å². The summed E-state index contributed by atoms with van der Waals surface area (Å²) in [6, 6.07) is 8.10. The second-order valence-electron chi connectivity index (χ2n) is 4.50. The van der Waals surface area contributed by atoms with Gasteiger partial charge in [-0.2, -0.15) is 0 Å². The van der Waals surface area contributed by atoms with E-state index in [-0.39, 0.29) is 0 Å². The molecule has 0 saturated heterocycles. The lowest BCUT2D eigenvalue weighted by molar-refractivity contribution is 0.534. The quantitative estimate of drug-likeness (QED) is 0.655. The van der Waals surface area contributed by atoms with Crippen LogP contribution in [-0.4, -0.2) is 19.6 Å². The van der Waals surface area contributed by atoms with Crippen LogP contribution < -0.4 is 10.6 Å². The van der Waals surface area contributed by atoms with Gasteiger partial charge < -0.3 is 15.1 Å². The van der Waals surface area contributed by atoms with Crippen molar-refractivity contribution in [3.8, 4) is 0 Å². The summed E-state index contributed by atoms with van der Waals surface area (Å²) in [7, 11) is 1.77. The fraction of sp³-hybridized carbons (Fsp3) is 0.400. The minimum atomic E-state index is 0.643. The molecular weight excluding hydrogens is 238 g/mol. The van der Waals surface area contributed by atoms with Crippen LogP contribution in [0.4, 0.5) is 0 Å². The minimum absolute atomic E-state index is 0.643. The summed E-state index contributed by atoms with van der Waals surface area (Å²) in [4.78, 5) is 4.18. The molecule has 0 spiro atoms. The van der Waals surface area contributed by atoms with Crippen molar-refractivity contribution in [3.63, 3.8) is 0 Å². The number of rotatable bonds is 4.